The molecule has 72 valence electrons. The molecule has 0 aliphatic heterocycles. The number of Topliss-reactive ketones (excluding diaryl/α,β-unsaturated/α-hetero) is 1. The molecule has 1 N–H and O–H groups in total. The van der Waals surface area contributed by atoms with Gasteiger partial charge in [-0.2, -0.15) is 5.10 Å². The topological polar surface area (TPSA) is 59.8 Å². The highest BCUT2D eigenvalue weighted by Gasteiger charge is 2.06. The van der Waals surface area contributed by atoms with Crippen LogP contribution in [0.2, 0.25) is 0 Å². The number of hydrogen-bond donors (Lipinski definition) is 1. The van der Waals surface area contributed by atoms with E-state index < -0.39 is 0 Å². The van der Waals surface area contributed by atoms with Crippen molar-refractivity contribution in [2.75, 3.05) is 13.1 Å². The lowest BCUT2D eigenvalue weighted by Crippen LogP contribution is -2.24. The number of aromatic nitrogens is 3. The minimum atomic E-state index is 0.137. The maximum Gasteiger partial charge on any atom is 0.154 e. The number of carbonyl (C=O) groups is 1. The summed E-state index contributed by atoms with van der Waals surface area (Å²) < 4.78 is 1.61. The first-order valence-electron chi connectivity index (χ1n) is 4.29. The van der Waals surface area contributed by atoms with Crippen LogP contribution in [-0.4, -0.2) is 33.6 Å². The molecule has 0 aromatic carbocycles. The second kappa shape index (κ2) is 4.71. The number of nitrogens with one attached hydrogen (secondary N) is 1. The minimum Gasteiger partial charge on any atom is -0.310 e. The lowest BCUT2D eigenvalue weighted by atomic mass is 10.2. The van der Waals surface area contributed by atoms with Crippen LogP contribution in [0, 0.1) is 0 Å². The molecule has 5 nitrogen and oxygen atoms in total. The molecule has 1 aromatic rings. The average Bonchev–Trinajstić information content (AvgIpc) is 2.48. The smallest absolute Gasteiger partial charge is 0.154 e. The van der Waals surface area contributed by atoms with Crippen molar-refractivity contribution in [3.63, 3.8) is 0 Å². The van der Waals surface area contributed by atoms with Crippen LogP contribution in [0.5, 0.6) is 0 Å². The third-order valence-corrected chi connectivity index (χ3v) is 1.73. The number of carbonyl (C=O) groups excluding carboxylic acids is 1. The normalized spacial score (nSPS) is 10.3. The van der Waals surface area contributed by atoms with Crippen LogP contribution in [0.1, 0.15) is 12.7 Å². The summed E-state index contributed by atoms with van der Waals surface area (Å²) in [6, 6.07) is 0. The molecule has 0 atom stereocenters. The van der Waals surface area contributed by atoms with Crippen molar-refractivity contribution in [2.45, 2.75) is 13.3 Å². The lowest BCUT2D eigenvalue weighted by molar-refractivity contribution is -0.117. The molecule has 1 heterocycles. The summed E-state index contributed by atoms with van der Waals surface area (Å²) in [5.41, 5.74) is 0. The van der Waals surface area contributed by atoms with Crippen molar-refractivity contribution >= 4 is 5.78 Å². The van der Waals surface area contributed by atoms with Gasteiger partial charge in [0.15, 0.2) is 5.78 Å². The fourth-order valence-electron chi connectivity index (χ4n) is 0.983. The molecule has 0 radical (unpaired) electrons. The van der Waals surface area contributed by atoms with Crippen molar-refractivity contribution in [3.8, 4) is 0 Å². The molecule has 0 amide bonds. The molecular formula is C8H14N4O. The van der Waals surface area contributed by atoms with Gasteiger partial charge in [0.05, 0.1) is 13.0 Å². The molecular weight excluding hydrogens is 168 g/mol. The third kappa shape index (κ3) is 2.95. The Hall–Kier alpha value is -1.23. The minimum absolute atomic E-state index is 0.137. The van der Waals surface area contributed by atoms with Gasteiger partial charge in [0.2, 0.25) is 0 Å². The van der Waals surface area contributed by atoms with Crippen LogP contribution < -0.4 is 5.32 Å². The molecule has 1 rings (SSSR count). The Labute approximate surface area is 77.2 Å². The monoisotopic (exact) mass is 182 g/mol. The van der Waals surface area contributed by atoms with Gasteiger partial charge in [-0.15, -0.1) is 0 Å². The first-order valence-corrected chi connectivity index (χ1v) is 4.29. The Bertz CT molecular complexity index is 281. The molecule has 1 aromatic heterocycles. The fraction of sp³-hybridized carbons (Fsp3) is 0.625. The molecule has 0 bridgehead atoms. The Balaban J connectivity index is 2.41. The molecule has 0 spiro atoms. The summed E-state index contributed by atoms with van der Waals surface area (Å²) >= 11 is 0. The van der Waals surface area contributed by atoms with Crippen LogP contribution in [-0.2, 0) is 18.3 Å². The van der Waals surface area contributed by atoms with Crippen LogP contribution in [0.3, 0.4) is 0 Å². The lowest BCUT2D eigenvalue weighted by Gasteiger charge is -2.00. The summed E-state index contributed by atoms with van der Waals surface area (Å²) in [7, 11) is 1.78. The van der Waals surface area contributed by atoms with Gasteiger partial charge in [0, 0.05) is 7.05 Å². The maximum atomic E-state index is 11.3. The standard InChI is InChI=1S/C8H14N4O/c1-3-9-5-7(13)4-8-10-6-11-12(8)2/h6,9H,3-5H2,1-2H3. The van der Waals surface area contributed by atoms with Crippen LogP contribution in [0.4, 0.5) is 0 Å². The van der Waals surface area contributed by atoms with E-state index in [0.29, 0.717) is 18.8 Å². The maximum absolute atomic E-state index is 11.3. The first-order chi connectivity index (χ1) is 6.24. The zero-order valence-electron chi connectivity index (χ0n) is 7.95. The van der Waals surface area contributed by atoms with Gasteiger partial charge in [-0.25, -0.2) is 4.98 Å². The number of rotatable bonds is 5. The van der Waals surface area contributed by atoms with Crippen molar-refractivity contribution in [1.82, 2.24) is 20.1 Å². The Kier molecular flexibility index (Phi) is 3.57. The largest absolute Gasteiger partial charge is 0.310 e. The molecule has 0 fully saturated rings. The van der Waals surface area contributed by atoms with E-state index in [-0.39, 0.29) is 5.78 Å². The van der Waals surface area contributed by atoms with Gasteiger partial charge < -0.3 is 5.32 Å². The van der Waals surface area contributed by atoms with Crippen molar-refractivity contribution in [1.29, 1.82) is 0 Å². The predicted octanol–water partition coefficient (Wildman–Crippen LogP) is -0.464. The zero-order valence-corrected chi connectivity index (χ0v) is 7.95. The summed E-state index contributed by atoms with van der Waals surface area (Å²) in [6.07, 6.45) is 1.80. The molecule has 5 heteroatoms. The second-order valence-corrected chi connectivity index (χ2v) is 2.80. The second-order valence-electron chi connectivity index (χ2n) is 2.80. The van der Waals surface area contributed by atoms with Gasteiger partial charge in [-0.3, -0.25) is 9.48 Å². The molecule has 0 unspecified atom stereocenters. The van der Waals surface area contributed by atoms with E-state index in [1.54, 1.807) is 11.7 Å². The van der Waals surface area contributed by atoms with E-state index in [4.69, 9.17) is 0 Å². The van der Waals surface area contributed by atoms with Crippen LogP contribution in [0.25, 0.3) is 0 Å². The molecule has 0 saturated heterocycles. The molecule has 0 saturated carbocycles. The quantitative estimate of drug-likeness (QED) is 0.669. The van der Waals surface area contributed by atoms with E-state index in [1.165, 1.54) is 6.33 Å². The van der Waals surface area contributed by atoms with E-state index >= 15 is 0 Å². The number of nitrogens with zero attached hydrogens (tertiary/aromatic N) is 3. The number of ketones is 1. The molecule has 13 heavy (non-hydrogen) atoms. The fourth-order valence-corrected chi connectivity index (χ4v) is 0.983. The number of likely N-dealkylation sites (N-methyl/N-ethyl adjacent to an activating group) is 1. The SMILES string of the molecule is CCNCC(=O)Cc1ncnn1C. The van der Waals surface area contributed by atoms with Gasteiger partial charge in [-0.1, -0.05) is 6.92 Å². The van der Waals surface area contributed by atoms with Gasteiger partial charge in [0.1, 0.15) is 12.2 Å². The zero-order chi connectivity index (χ0) is 9.68. The van der Waals surface area contributed by atoms with E-state index in [1.807, 2.05) is 6.92 Å². The highest BCUT2D eigenvalue weighted by Crippen LogP contribution is 1.92. The Morgan fingerprint density at radius 1 is 1.69 bits per heavy atom. The summed E-state index contributed by atoms with van der Waals surface area (Å²) in [5, 5.41) is 6.86. The van der Waals surface area contributed by atoms with E-state index in [0.717, 1.165) is 6.54 Å². The van der Waals surface area contributed by atoms with Gasteiger partial charge >= 0.3 is 0 Å². The highest BCUT2D eigenvalue weighted by atomic mass is 16.1. The first kappa shape index (κ1) is 9.85. The van der Waals surface area contributed by atoms with Crippen LogP contribution in [0.15, 0.2) is 6.33 Å². The number of hydrogen-bond acceptors (Lipinski definition) is 4. The van der Waals surface area contributed by atoms with Gasteiger partial charge in [-0.05, 0) is 6.54 Å². The summed E-state index contributed by atoms with van der Waals surface area (Å²) in [5.74, 6) is 0.848. The summed E-state index contributed by atoms with van der Waals surface area (Å²) in [6.45, 7) is 3.18. The highest BCUT2D eigenvalue weighted by molar-refractivity contribution is 5.82. The van der Waals surface area contributed by atoms with Crippen molar-refractivity contribution in [3.05, 3.63) is 12.2 Å². The van der Waals surface area contributed by atoms with Gasteiger partial charge in [0.25, 0.3) is 0 Å². The Morgan fingerprint density at radius 3 is 3.00 bits per heavy atom. The van der Waals surface area contributed by atoms with E-state index in [2.05, 4.69) is 15.4 Å². The number of aryl methyl sites for hydroxylation is 1. The third-order valence-electron chi connectivity index (χ3n) is 1.73. The molecule has 0 aliphatic rings. The summed E-state index contributed by atoms with van der Waals surface area (Å²) in [4.78, 5) is 15.2. The predicted molar refractivity (Wildman–Crippen MR) is 48.3 cm³/mol. The average molecular weight is 182 g/mol. The van der Waals surface area contributed by atoms with E-state index in [9.17, 15) is 4.79 Å². The van der Waals surface area contributed by atoms with Crippen molar-refractivity contribution in [2.24, 2.45) is 7.05 Å². The van der Waals surface area contributed by atoms with Crippen molar-refractivity contribution < 1.29 is 4.79 Å². The van der Waals surface area contributed by atoms with Crippen LogP contribution >= 0.6 is 0 Å². The molecule has 0 aliphatic carbocycles. The Morgan fingerprint density at radius 2 is 2.46 bits per heavy atom.